The Balaban J connectivity index is 2.26. The van der Waals surface area contributed by atoms with Crippen LogP contribution in [0.1, 0.15) is 23.1 Å². The number of likely N-dealkylation sites (N-methyl/N-ethyl adjacent to an activating group) is 1. The lowest BCUT2D eigenvalue weighted by molar-refractivity contribution is 0.144. The van der Waals surface area contributed by atoms with Crippen LogP contribution in [-0.2, 0) is 0 Å². The van der Waals surface area contributed by atoms with Gasteiger partial charge in [0.2, 0.25) is 0 Å². The van der Waals surface area contributed by atoms with Crippen molar-refractivity contribution in [2.75, 3.05) is 13.6 Å². The minimum atomic E-state index is -0.657. The van der Waals surface area contributed by atoms with E-state index in [0.717, 1.165) is 11.1 Å². The van der Waals surface area contributed by atoms with Crippen molar-refractivity contribution in [3.8, 4) is 0 Å². The van der Waals surface area contributed by atoms with Crippen LogP contribution < -0.4 is 5.32 Å². The summed E-state index contributed by atoms with van der Waals surface area (Å²) in [6.07, 6.45) is -0.657. The molecule has 0 heterocycles. The maximum atomic E-state index is 12.9. The summed E-state index contributed by atoms with van der Waals surface area (Å²) >= 11 is 0. The third-order valence-electron chi connectivity index (χ3n) is 3.24. The van der Waals surface area contributed by atoms with Gasteiger partial charge in [-0.15, -0.1) is 0 Å². The fourth-order valence-electron chi connectivity index (χ4n) is 2.22. The summed E-state index contributed by atoms with van der Waals surface area (Å²) in [5.74, 6) is -0.350. The third-order valence-corrected chi connectivity index (χ3v) is 3.24. The van der Waals surface area contributed by atoms with Gasteiger partial charge in [-0.25, -0.2) is 4.39 Å². The number of nitrogens with one attached hydrogen (secondary N) is 1. The molecular formula is C16H18FNO. The van der Waals surface area contributed by atoms with Gasteiger partial charge >= 0.3 is 0 Å². The fraction of sp³-hybridized carbons (Fsp3) is 0.250. The molecule has 0 aliphatic heterocycles. The molecule has 2 rings (SSSR count). The Labute approximate surface area is 112 Å². The third kappa shape index (κ3) is 3.40. The minimum Gasteiger partial charge on any atom is -0.388 e. The van der Waals surface area contributed by atoms with Crippen LogP contribution in [0.3, 0.4) is 0 Å². The lowest BCUT2D eigenvalue weighted by Crippen LogP contribution is -2.23. The summed E-state index contributed by atoms with van der Waals surface area (Å²) in [6, 6.07) is 15.9. The number of hydrogen-bond acceptors (Lipinski definition) is 2. The molecule has 2 nitrogen and oxygen atoms in total. The second-order valence-corrected chi connectivity index (χ2v) is 4.57. The van der Waals surface area contributed by atoms with Crippen molar-refractivity contribution >= 4 is 0 Å². The van der Waals surface area contributed by atoms with Gasteiger partial charge in [0.05, 0.1) is 6.10 Å². The summed E-state index contributed by atoms with van der Waals surface area (Å²) < 4.78 is 12.9. The number of aliphatic hydroxyl groups excluding tert-OH is 1. The summed E-state index contributed by atoms with van der Waals surface area (Å²) in [5.41, 5.74) is 1.79. The molecule has 2 N–H and O–H groups in total. The minimum absolute atomic E-state index is 0.0586. The van der Waals surface area contributed by atoms with Crippen LogP contribution in [0.4, 0.5) is 4.39 Å². The summed E-state index contributed by atoms with van der Waals surface area (Å²) in [4.78, 5) is 0. The summed E-state index contributed by atoms with van der Waals surface area (Å²) in [6.45, 7) is 0.655. The van der Waals surface area contributed by atoms with Crippen molar-refractivity contribution in [3.05, 3.63) is 71.5 Å². The van der Waals surface area contributed by atoms with E-state index in [-0.39, 0.29) is 11.7 Å². The molecule has 0 saturated carbocycles. The van der Waals surface area contributed by atoms with Gasteiger partial charge < -0.3 is 10.4 Å². The van der Waals surface area contributed by atoms with Gasteiger partial charge in [0.25, 0.3) is 0 Å². The van der Waals surface area contributed by atoms with Crippen molar-refractivity contribution in [2.45, 2.75) is 12.0 Å². The van der Waals surface area contributed by atoms with Gasteiger partial charge in [-0.05, 0) is 30.3 Å². The SMILES string of the molecule is CNCC(c1ccccc1)C(O)c1ccc(F)cc1. The molecule has 2 atom stereocenters. The average molecular weight is 259 g/mol. The monoisotopic (exact) mass is 259 g/mol. The highest BCUT2D eigenvalue weighted by Crippen LogP contribution is 2.30. The molecule has 0 radical (unpaired) electrons. The molecular weight excluding hydrogens is 241 g/mol. The van der Waals surface area contributed by atoms with Crippen molar-refractivity contribution in [2.24, 2.45) is 0 Å². The van der Waals surface area contributed by atoms with Crippen molar-refractivity contribution in [3.63, 3.8) is 0 Å². The van der Waals surface area contributed by atoms with Gasteiger partial charge in [-0.2, -0.15) is 0 Å². The zero-order valence-corrected chi connectivity index (χ0v) is 10.9. The van der Waals surface area contributed by atoms with Crippen molar-refractivity contribution < 1.29 is 9.50 Å². The predicted octanol–water partition coefficient (Wildman–Crippen LogP) is 2.86. The topological polar surface area (TPSA) is 32.3 Å². The Bertz CT molecular complexity index is 498. The van der Waals surface area contributed by atoms with E-state index >= 15 is 0 Å². The normalized spacial score (nSPS) is 14.1. The van der Waals surface area contributed by atoms with Gasteiger partial charge in [0, 0.05) is 12.5 Å². The molecule has 0 bridgehead atoms. The molecule has 0 fully saturated rings. The zero-order valence-electron chi connectivity index (χ0n) is 10.9. The lowest BCUT2D eigenvalue weighted by atomic mass is 9.89. The molecule has 0 spiro atoms. The van der Waals surface area contributed by atoms with E-state index in [9.17, 15) is 9.50 Å². The van der Waals surface area contributed by atoms with E-state index in [0.29, 0.717) is 6.54 Å². The molecule has 3 heteroatoms. The first-order valence-corrected chi connectivity index (χ1v) is 6.35. The van der Waals surface area contributed by atoms with Gasteiger partial charge in [-0.1, -0.05) is 42.5 Å². The first kappa shape index (κ1) is 13.7. The van der Waals surface area contributed by atoms with Gasteiger partial charge in [0.1, 0.15) is 5.82 Å². The molecule has 2 unspecified atom stereocenters. The Hall–Kier alpha value is -1.71. The molecule has 0 aliphatic rings. The smallest absolute Gasteiger partial charge is 0.123 e. The highest BCUT2D eigenvalue weighted by Gasteiger charge is 2.21. The standard InChI is InChI=1S/C16H18FNO/c1-18-11-15(12-5-3-2-4-6-12)16(19)13-7-9-14(17)10-8-13/h2-10,15-16,18-19H,11H2,1H3. The maximum Gasteiger partial charge on any atom is 0.123 e. The van der Waals surface area contributed by atoms with Gasteiger partial charge in [-0.3, -0.25) is 0 Å². The Kier molecular flexibility index (Phi) is 4.66. The molecule has 2 aromatic carbocycles. The first-order valence-electron chi connectivity index (χ1n) is 6.35. The van der Waals surface area contributed by atoms with E-state index in [1.54, 1.807) is 12.1 Å². The van der Waals surface area contributed by atoms with Gasteiger partial charge in [0.15, 0.2) is 0 Å². The summed E-state index contributed by atoms with van der Waals surface area (Å²) in [5, 5.41) is 13.6. The second-order valence-electron chi connectivity index (χ2n) is 4.57. The number of benzene rings is 2. The van der Waals surface area contributed by atoms with E-state index in [4.69, 9.17) is 0 Å². The Morgan fingerprint density at radius 2 is 1.63 bits per heavy atom. The fourth-order valence-corrected chi connectivity index (χ4v) is 2.22. The average Bonchev–Trinajstić information content (AvgIpc) is 2.46. The van der Waals surface area contributed by atoms with Crippen LogP contribution >= 0.6 is 0 Å². The van der Waals surface area contributed by atoms with E-state index in [2.05, 4.69) is 5.32 Å². The number of hydrogen-bond donors (Lipinski definition) is 2. The molecule has 100 valence electrons. The zero-order chi connectivity index (χ0) is 13.7. The van der Waals surface area contributed by atoms with Crippen LogP contribution in [-0.4, -0.2) is 18.7 Å². The van der Waals surface area contributed by atoms with Crippen molar-refractivity contribution in [1.29, 1.82) is 0 Å². The maximum absolute atomic E-state index is 12.9. The van der Waals surface area contributed by atoms with Crippen LogP contribution in [0, 0.1) is 5.82 Å². The molecule has 0 saturated heterocycles. The highest BCUT2D eigenvalue weighted by atomic mass is 19.1. The number of halogens is 1. The molecule has 0 amide bonds. The predicted molar refractivity (Wildman–Crippen MR) is 74.5 cm³/mol. The van der Waals surface area contributed by atoms with Crippen LogP contribution in [0.2, 0.25) is 0 Å². The Morgan fingerprint density at radius 1 is 1.00 bits per heavy atom. The molecule has 19 heavy (non-hydrogen) atoms. The quantitative estimate of drug-likeness (QED) is 0.865. The summed E-state index contributed by atoms with van der Waals surface area (Å²) in [7, 11) is 1.85. The van der Waals surface area contributed by atoms with Crippen LogP contribution in [0.25, 0.3) is 0 Å². The van der Waals surface area contributed by atoms with E-state index < -0.39 is 6.10 Å². The molecule has 0 aromatic heterocycles. The van der Waals surface area contributed by atoms with Crippen molar-refractivity contribution in [1.82, 2.24) is 5.32 Å². The van der Waals surface area contributed by atoms with Crippen LogP contribution in [0.5, 0.6) is 0 Å². The lowest BCUT2D eigenvalue weighted by Gasteiger charge is -2.23. The van der Waals surface area contributed by atoms with Crippen LogP contribution in [0.15, 0.2) is 54.6 Å². The first-order chi connectivity index (χ1) is 9.22. The number of rotatable bonds is 5. The second kappa shape index (κ2) is 6.45. The highest BCUT2D eigenvalue weighted by molar-refractivity contribution is 5.27. The largest absolute Gasteiger partial charge is 0.388 e. The van der Waals surface area contributed by atoms with E-state index in [1.807, 2.05) is 37.4 Å². The van der Waals surface area contributed by atoms with E-state index in [1.165, 1.54) is 12.1 Å². The number of aliphatic hydroxyl groups is 1. The molecule has 2 aromatic rings. The molecule has 0 aliphatic carbocycles. The Morgan fingerprint density at radius 3 is 2.21 bits per heavy atom.